The van der Waals surface area contributed by atoms with Gasteiger partial charge in [0.25, 0.3) is 0 Å². The van der Waals surface area contributed by atoms with Crippen LogP contribution in [0.4, 0.5) is 0 Å². The van der Waals surface area contributed by atoms with E-state index >= 15 is 0 Å². The summed E-state index contributed by atoms with van der Waals surface area (Å²) in [6.07, 6.45) is 34.0. The van der Waals surface area contributed by atoms with Gasteiger partial charge < -0.3 is 23.8 Å². The molecule has 1 N–H and O–H groups in total. The molecule has 294 valence electrons. The monoisotopic (exact) mass is 711 g/mol. The van der Waals surface area contributed by atoms with E-state index in [1.165, 1.54) is 96.3 Å². The summed E-state index contributed by atoms with van der Waals surface area (Å²) < 4.78 is 17.2. The molecular weight excluding hydrogens is 630 g/mol. The second-order valence-electron chi connectivity index (χ2n) is 15.2. The van der Waals surface area contributed by atoms with Crippen LogP contribution in [0.25, 0.3) is 0 Å². The van der Waals surface area contributed by atoms with Crippen LogP contribution >= 0.6 is 0 Å². The molecule has 0 radical (unpaired) electrons. The Bertz CT molecular complexity index is 838. The van der Waals surface area contributed by atoms with Crippen molar-refractivity contribution in [2.45, 2.75) is 199 Å². The first-order valence-electron chi connectivity index (χ1n) is 20.7. The Morgan fingerprint density at radius 3 is 1.50 bits per heavy atom. The number of quaternary nitrogens is 1. The van der Waals surface area contributed by atoms with Gasteiger partial charge >= 0.3 is 17.9 Å². The molecule has 2 unspecified atom stereocenters. The highest BCUT2D eigenvalue weighted by molar-refractivity contribution is 5.72. The second-order valence-corrected chi connectivity index (χ2v) is 15.2. The summed E-state index contributed by atoms with van der Waals surface area (Å²) in [6, 6.07) is -0.611. The van der Waals surface area contributed by atoms with E-state index in [9.17, 15) is 19.5 Å². The summed E-state index contributed by atoms with van der Waals surface area (Å²) in [6.45, 7) is 4.69. The Morgan fingerprint density at radius 1 is 0.580 bits per heavy atom. The number of ether oxygens (including phenoxy) is 3. The number of esters is 2. The van der Waals surface area contributed by atoms with E-state index in [0.717, 1.165) is 57.8 Å². The topological polar surface area (TPSA) is 99.1 Å². The molecule has 50 heavy (non-hydrogen) atoms. The summed E-state index contributed by atoms with van der Waals surface area (Å²) in [7, 11) is 5.52. The van der Waals surface area contributed by atoms with Gasteiger partial charge in [0.2, 0.25) is 0 Å². The Labute approximate surface area is 308 Å². The molecule has 0 aliphatic carbocycles. The first-order chi connectivity index (χ1) is 24.1. The highest BCUT2D eigenvalue weighted by Gasteiger charge is 2.31. The third-order valence-electron chi connectivity index (χ3n) is 9.41. The number of unbranched alkanes of at least 4 members (excludes halogenated alkanes) is 21. The average molecular weight is 711 g/mol. The van der Waals surface area contributed by atoms with Crippen molar-refractivity contribution in [3.8, 4) is 0 Å². The molecule has 0 aromatic rings. The molecule has 0 rings (SSSR count). The quantitative estimate of drug-likeness (QED) is 0.0296. The lowest BCUT2D eigenvalue weighted by Gasteiger charge is -2.31. The van der Waals surface area contributed by atoms with Crippen LogP contribution < -0.4 is 0 Å². The van der Waals surface area contributed by atoms with E-state index in [1.807, 2.05) is 21.1 Å². The minimum Gasteiger partial charge on any atom is -0.477 e. The average Bonchev–Trinajstić information content (AvgIpc) is 3.06. The molecule has 0 bridgehead atoms. The molecule has 0 saturated heterocycles. The fraction of sp³-hybridized carbons (Fsp3) is 0.881. The number of nitrogens with zero attached hydrogens (tertiary/aromatic N) is 1. The molecule has 0 aliphatic rings. The zero-order chi connectivity index (χ0) is 37.1. The van der Waals surface area contributed by atoms with Gasteiger partial charge in [0.1, 0.15) is 6.61 Å². The summed E-state index contributed by atoms with van der Waals surface area (Å²) in [5.41, 5.74) is 0. The molecule has 0 heterocycles. The maximum atomic E-state index is 12.6. The smallest absolute Gasteiger partial charge is 0.362 e. The minimum absolute atomic E-state index is 0.0501. The molecule has 0 amide bonds. The predicted molar refractivity (Wildman–Crippen MR) is 206 cm³/mol. The number of hydrogen-bond donors (Lipinski definition) is 1. The van der Waals surface area contributed by atoms with Gasteiger partial charge in [0.05, 0.1) is 34.4 Å². The summed E-state index contributed by atoms with van der Waals surface area (Å²) >= 11 is 0. The Hall–Kier alpha value is -1.93. The van der Waals surface area contributed by atoms with Gasteiger partial charge in [0, 0.05) is 19.3 Å². The Balaban J connectivity index is 4.31. The standard InChI is InChI=1S/C42H79NO7/c1-6-8-10-12-14-16-18-19-20-21-22-23-25-26-28-30-32-40(44)49-37-38(36-48-35-34-39(42(46)47)43(3,4)5)50-41(45)33-31-29-27-24-17-15-13-11-9-7-2/h13,15,38-39H,6-12,14,16-37H2,1-5H3/p+1/b15-13+. The highest BCUT2D eigenvalue weighted by Crippen LogP contribution is 2.15. The summed E-state index contributed by atoms with van der Waals surface area (Å²) in [5, 5.41) is 9.58. The number of carbonyl (C=O) groups is 3. The van der Waals surface area contributed by atoms with Crippen molar-refractivity contribution in [1.29, 1.82) is 0 Å². The molecular formula is C42H80NO7+. The number of aliphatic carboxylic acids is 1. The molecule has 0 saturated carbocycles. The van der Waals surface area contributed by atoms with Crippen LogP contribution in [0, 0.1) is 0 Å². The van der Waals surface area contributed by atoms with Gasteiger partial charge in [0.15, 0.2) is 12.1 Å². The number of carbonyl (C=O) groups excluding carboxylic acids is 2. The van der Waals surface area contributed by atoms with Crippen molar-refractivity contribution >= 4 is 17.9 Å². The molecule has 8 heteroatoms. The lowest BCUT2D eigenvalue weighted by atomic mass is 10.0. The second kappa shape index (κ2) is 34.2. The SMILES string of the molecule is CCCC/C=C/CCCCCCC(=O)OC(COCCC(C(=O)O)[N+](C)(C)C)COC(=O)CCCCCCCCCCCCCCCCCC. The molecule has 8 nitrogen and oxygen atoms in total. The van der Waals surface area contributed by atoms with E-state index in [1.54, 1.807) is 0 Å². The lowest BCUT2D eigenvalue weighted by Crippen LogP contribution is -2.50. The summed E-state index contributed by atoms with van der Waals surface area (Å²) in [4.78, 5) is 36.8. The van der Waals surface area contributed by atoms with Gasteiger partial charge in [-0.1, -0.05) is 148 Å². The lowest BCUT2D eigenvalue weighted by molar-refractivity contribution is -0.887. The fourth-order valence-electron chi connectivity index (χ4n) is 6.13. The number of allylic oxidation sites excluding steroid dienone is 2. The zero-order valence-corrected chi connectivity index (χ0v) is 33.4. The van der Waals surface area contributed by atoms with Crippen LogP contribution in [-0.2, 0) is 28.6 Å². The number of carboxylic acids is 1. The zero-order valence-electron chi connectivity index (χ0n) is 33.4. The van der Waals surface area contributed by atoms with E-state index < -0.39 is 18.1 Å². The number of likely N-dealkylation sites (N-methyl/N-ethyl adjacent to an activating group) is 1. The maximum Gasteiger partial charge on any atom is 0.362 e. The van der Waals surface area contributed by atoms with Crippen LogP contribution in [0.1, 0.15) is 187 Å². The normalized spacial score (nSPS) is 13.1. The van der Waals surface area contributed by atoms with Crippen LogP contribution in [0.15, 0.2) is 12.2 Å². The Kier molecular flexibility index (Phi) is 32.9. The molecule has 0 aromatic heterocycles. The van der Waals surface area contributed by atoms with Crippen molar-refractivity contribution in [2.75, 3.05) is 41.0 Å². The van der Waals surface area contributed by atoms with Crippen molar-refractivity contribution < 1.29 is 38.2 Å². The number of rotatable bonds is 37. The van der Waals surface area contributed by atoms with Crippen LogP contribution in [0.3, 0.4) is 0 Å². The molecule has 2 atom stereocenters. The fourth-order valence-corrected chi connectivity index (χ4v) is 6.13. The molecule has 0 aromatic carbocycles. The molecule has 0 fully saturated rings. The van der Waals surface area contributed by atoms with Gasteiger partial charge in [-0.15, -0.1) is 0 Å². The van der Waals surface area contributed by atoms with E-state index in [0.29, 0.717) is 19.3 Å². The van der Waals surface area contributed by atoms with Crippen molar-refractivity contribution in [2.24, 2.45) is 0 Å². The van der Waals surface area contributed by atoms with E-state index in [4.69, 9.17) is 14.2 Å². The third-order valence-corrected chi connectivity index (χ3v) is 9.41. The first kappa shape index (κ1) is 48.1. The van der Waals surface area contributed by atoms with Crippen molar-refractivity contribution in [1.82, 2.24) is 0 Å². The predicted octanol–water partition coefficient (Wildman–Crippen LogP) is 10.7. The van der Waals surface area contributed by atoms with Crippen LogP contribution in [0.5, 0.6) is 0 Å². The number of carboxylic acid groups (broad SMARTS) is 1. The highest BCUT2D eigenvalue weighted by atomic mass is 16.6. The van der Waals surface area contributed by atoms with Crippen molar-refractivity contribution in [3.05, 3.63) is 12.2 Å². The van der Waals surface area contributed by atoms with E-state index in [-0.39, 0.29) is 36.2 Å². The van der Waals surface area contributed by atoms with Gasteiger partial charge in [-0.25, -0.2) is 4.79 Å². The first-order valence-corrected chi connectivity index (χ1v) is 20.7. The van der Waals surface area contributed by atoms with Gasteiger partial charge in [-0.05, 0) is 32.1 Å². The van der Waals surface area contributed by atoms with Crippen LogP contribution in [0.2, 0.25) is 0 Å². The largest absolute Gasteiger partial charge is 0.477 e. The van der Waals surface area contributed by atoms with Crippen LogP contribution in [-0.4, -0.2) is 80.6 Å². The number of hydrogen-bond acceptors (Lipinski definition) is 6. The maximum absolute atomic E-state index is 12.6. The van der Waals surface area contributed by atoms with Gasteiger partial charge in [-0.3, -0.25) is 9.59 Å². The van der Waals surface area contributed by atoms with Gasteiger partial charge in [-0.2, -0.15) is 0 Å². The molecule has 0 aliphatic heterocycles. The minimum atomic E-state index is -0.875. The molecule has 0 spiro atoms. The van der Waals surface area contributed by atoms with Crippen molar-refractivity contribution in [3.63, 3.8) is 0 Å². The summed E-state index contributed by atoms with van der Waals surface area (Å²) in [5.74, 6) is -1.47. The van der Waals surface area contributed by atoms with E-state index in [2.05, 4.69) is 26.0 Å². The third kappa shape index (κ3) is 32.0. The Morgan fingerprint density at radius 2 is 1.02 bits per heavy atom.